The normalized spacial score (nSPS) is 11.6. The van der Waals surface area contributed by atoms with Crippen molar-refractivity contribution >= 4 is 34.8 Å². The molecule has 0 radical (unpaired) electrons. The highest BCUT2D eigenvalue weighted by Crippen LogP contribution is 2.35. The molecule has 40 heavy (non-hydrogen) atoms. The molecule has 3 rings (SSSR count). The lowest BCUT2D eigenvalue weighted by Gasteiger charge is -2.21. The average molecular weight is 554 g/mol. The fourth-order valence-corrected chi connectivity index (χ4v) is 3.54. The molecule has 8 N–H and O–H groups in total. The highest BCUT2D eigenvalue weighted by Gasteiger charge is 2.18. The zero-order chi connectivity index (χ0) is 29.4. The molecule has 14 heteroatoms. The van der Waals surface area contributed by atoms with Crippen LogP contribution >= 0.6 is 0 Å². The van der Waals surface area contributed by atoms with Crippen molar-refractivity contribution in [3.05, 3.63) is 42.4 Å². The van der Waals surface area contributed by atoms with E-state index < -0.39 is 17.5 Å². The zero-order valence-corrected chi connectivity index (χ0v) is 23.1. The molecule has 2 heterocycles. The van der Waals surface area contributed by atoms with Gasteiger partial charge in [0.2, 0.25) is 5.95 Å². The molecule has 0 aliphatic carbocycles. The standard InChI is InChI=1S/C26H35N9O5/c1-26(2,3)34-25(38)33-23-20(15-8-18(39-4)11-19(9-15)40-5)10-16-12-29-24(32-22(16)31-23)30-13-17(27)14-35(28)7-6-21(36)37/h8-12,14H,6-7,13,27-28H2,1-5H3,(H,36,37)(H3,29,30,31,32,33,34,38)/b17-14-. The van der Waals surface area contributed by atoms with Crippen LogP contribution in [0.25, 0.3) is 22.2 Å². The highest BCUT2D eigenvalue weighted by atomic mass is 16.5. The Labute approximate surface area is 231 Å². The van der Waals surface area contributed by atoms with Gasteiger partial charge in [-0.1, -0.05) is 0 Å². The Hall–Kier alpha value is -4.85. The molecular weight excluding hydrogens is 518 g/mol. The number of pyridine rings is 1. The number of aliphatic carboxylic acids is 1. The predicted molar refractivity (Wildman–Crippen MR) is 152 cm³/mol. The molecule has 3 aromatic rings. The van der Waals surface area contributed by atoms with Gasteiger partial charge in [-0.15, -0.1) is 0 Å². The molecule has 0 saturated heterocycles. The molecule has 14 nitrogen and oxygen atoms in total. The van der Waals surface area contributed by atoms with Crippen molar-refractivity contribution < 1.29 is 24.2 Å². The van der Waals surface area contributed by atoms with Crippen LogP contribution in [0.1, 0.15) is 27.2 Å². The van der Waals surface area contributed by atoms with Gasteiger partial charge in [0.25, 0.3) is 0 Å². The van der Waals surface area contributed by atoms with Crippen molar-refractivity contribution in [2.75, 3.05) is 37.9 Å². The van der Waals surface area contributed by atoms with E-state index in [9.17, 15) is 9.59 Å². The number of hydrogen-bond donors (Lipinski definition) is 6. The molecule has 0 aliphatic rings. The van der Waals surface area contributed by atoms with E-state index in [1.54, 1.807) is 38.6 Å². The third kappa shape index (κ3) is 8.59. The van der Waals surface area contributed by atoms with Gasteiger partial charge < -0.3 is 36.0 Å². The Kier molecular flexibility index (Phi) is 9.50. The van der Waals surface area contributed by atoms with E-state index in [1.807, 2.05) is 26.8 Å². The van der Waals surface area contributed by atoms with Crippen molar-refractivity contribution in [1.82, 2.24) is 25.3 Å². The van der Waals surface area contributed by atoms with Gasteiger partial charge in [0.15, 0.2) is 5.65 Å². The van der Waals surface area contributed by atoms with Gasteiger partial charge in [-0.2, -0.15) is 4.98 Å². The monoisotopic (exact) mass is 553 g/mol. The molecular formula is C26H35N9O5. The number of hydrogen-bond acceptors (Lipinski definition) is 11. The maximum Gasteiger partial charge on any atom is 0.320 e. The third-order valence-corrected chi connectivity index (χ3v) is 5.32. The number of nitrogens with zero attached hydrogens (tertiary/aromatic N) is 4. The first-order valence-corrected chi connectivity index (χ1v) is 12.3. The molecule has 214 valence electrons. The van der Waals surface area contributed by atoms with Crippen molar-refractivity contribution in [3.63, 3.8) is 0 Å². The lowest BCUT2D eigenvalue weighted by Crippen LogP contribution is -2.43. The second-order valence-electron chi connectivity index (χ2n) is 9.86. The van der Waals surface area contributed by atoms with Crippen LogP contribution in [0.5, 0.6) is 11.5 Å². The third-order valence-electron chi connectivity index (χ3n) is 5.32. The Morgan fingerprint density at radius 2 is 1.77 bits per heavy atom. The fourth-order valence-electron chi connectivity index (χ4n) is 3.54. The van der Waals surface area contributed by atoms with Gasteiger partial charge in [-0.25, -0.2) is 20.6 Å². The van der Waals surface area contributed by atoms with E-state index >= 15 is 0 Å². The van der Waals surface area contributed by atoms with E-state index in [0.29, 0.717) is 39.4 Å². The number of nitrogens with one attached hydrogen (secondary N) is 3. The quantitative estimate of drug-likeness (QED) is 0.150. The largest absolute Gasteiger partial charge is 0.497 e. The molecule has 2 aromatic heterocycles. The number of methoxy groups -OCH3 is 2. The zero-order valence-electron chi connectivity index (χ0n) is 23.1. The second-order valence-corrected chi connectivity index (χ2v) is 9.86. The summed E-state index contributed by atoms with van der Waals surface area (Å²) >= 11 is 0. The molecule has 1 aromatic carbocycles. The number of nitrogens with two attached hydrogens (primary N) is 2. The minimum absolute atomic E-state index is 0.104. The minimum Gasteiger partial charge on any atom is -0.497 e. The van der Waals surface area contributed by atoms with Gasteiger partial charge in [0.1, 0.15) is 17.3 Å². The fraction of sp³-hybridized carbons (Fsp3) is 0.346. The molecule has 0 fully saturated rings. The summed E-state index contributed by atoms with van der Waals surface area (Å²) in [4.78, 5) is 36.9. The van der Waals surface area contributed by atoms with Gasteiger partial charge in [-0.05, 0) is 44.5 Å². The number of fused-ring (bicyclic) bond motifs is 1. The number of aromatic nitrogens is 3. The average Bonchev–Trinajstić information content (AvgIpc) is 2.88. The number of anilines is 2. The van der Waals surface area contributed by atoms with E-state index in [4.69, 9.17) is 26.2 Å². The summed E-state index contributed by atoms with van der Waals surface area (Å²) in [6.07, 6.45) is 2.90. The van der Waals surface area contributed by atoms with E-state index in [2.05, 4.69) is 30.9 Å². The minimum atomic E-state index is -0.962. The topological polar surface area (TPSA) is 203 Å². The van der Waals surface area contributed by atoms with Crippen LogP contribution in [0.2, 0.25) is 0 Å². The van der Waals surface area contributed by atoms with Crippen LogP contribution in [-0.4, -0.2) is 69.9 Å². The molecule has 0 atom stereocenters. The Balaban J connectivity index is 1.95. The summed E-state index contributed by atoms with van der Waals surface area (Å²) < 4.78 is 10.8. The van der Waals surface area contributed by atoms with Crippen LogP contribution in [0.3, 0.4) is 0 Å². The summed E-state index contributed by atoms with van der Waals surface area (Å²) in [5.41, 5.74) is 7.49. The molecule has 0 aliphatic heterocycles. The van der Waals surface area contributed by atoms with E-state index in [-0.39, 0.29) is 31.3 Å². The first kappa shape index (κ1) is 29.7. The second kappa shape index (κ2) is 12.8. The van der Waals surface area contributed by atoms with Gasteiger partial charge in [-0.3, -0.25) is 10.1 Å². The first-order valence-electron chi connectivity index (χ1n) is 12.3. The number of hydrazine groups is 1. The molecule has 0 spiro atoms. The van der Waals surface area contributed by atoms with Crippen molar-refractivity contribution in [1.29, 1.82) is 0 Å². The lowest BCUT2D eigenvalue weighted by atomic mass is 10.0. The summed E-state index contributed by atoms with van der Waals surface area (Å²) in [7, 11) is 3.11. The van der Waals surface area contributed by atoms with E-state index in [1.165, 1.54) is 11.2 Å². The maximum atomic E-state index is 12.8. The molecule has 0 unspecified atom stereocenters. The number of rotatable bonds is 11. The number of carboxylic acids is 1. The number of amides is 2. The summed E-state index contributed by atoms with van der Waals surface area (Å²) in [5.74, 6) is 6.44. The number of benzene rings is 1. The van der Waals surface area contributed by atoms with Gasteiger partial charge >= 0.3 is 12.0 Å². The Morgan fingerprint density at radius 1 is 1.10 bits per heavy atom. The van der Waals surface area contributed by atoms with Gasteiger partial charge in [0.05, 0.1) is 27.2 Å². The maximum absolute atomic E-state index is 12.8. The predicted octanol–water partition coefficient (Wildman–Crippen LogP) is 2.49. The van der Waals surface area contributed by atoms with Crippen molar-refractivity contribution in [2.45, 2.75) is 32.7 Å². The number of carbonyl (C=O) groups is 2. The van der Waals surface area contributed by atoms with Crippen LogP contribution in [0.4, 0.5) is 16.6 Å². The SMILES string of the molecule is COc1cc(OC)cc(-c2cc3cnc(NC/C(N)=C/N(N)CCC(=O)O)nc3nc2NC(=O)NC(C)(C)C)c1. The molecule has 0 bridgehead atoms. The number of urea groups is 1. The number of carboxylic acid groups (broad SMARTS) is 1. The smallest absolute Gasteiger partial charge is 0.320 e. The van der Waals surface area contributed by atoms with Crippen molar-refractivity contribution in [3.8, 4) is 22.6 Å². The highest BCUT2D eigenvalue weighted by molar-refractivity contribution is 5.96. The van der Waals surface area contributed by atoms with Crippen LogP contribution in [0.15, 0.2) is 42.4 Å². The van der Waals surface area contributed by atoms with Crippen molar-refractivity contribution in [2.24, 2.45) is 11.6 Å². The number of carbonyl (C=O) groups excluding carboxylic acids is 1. The van der Waals surface area contributed by atoms with Crippen LogP contribution < -0.4 is 37.0 Å². The molecule has 2 amide bonds. The van der Waals surface area contributed by atoms with Crippen LogP contribution in [-0.2, 0) is 4.79 Å². The van der Waals surface area contributed by atoms with Gasteiger partial charge in [0, 0.05) is 47.2 Å². The summed E-state index contributed by atoms with van der Waals surface area (Å²) in [6, 6.07) is 6.74. The van der Waals surface area contributed by atoms with E-state index in [0.717, 1.165) is 0 Å². The number of ether oxygens (including phenoxy) is 2. The van der Waals surface area contributed by atoms with Crippen LogP contribution in [0, 0.1) is 0 Å². The summed E-state index contributed by atoms with van der Waals surface area (Å²) in [6.45, 7) is 5.86. The summed E-state index contributed by atoms with van der Waals surface area (Å²) in [5, 5.41) is 19.3. The Morgan fingerprint density at radius 3 is 2.38 bits per heavy atom. The molecule has 0 saturated carbocycles. The Bertz CT molecular complexity index is 1380. The first-order chi connectivity index (χ1) is 18.9. The lowest BCUT2D eigenvalue weighted by molar-refractivity contribution is -0.137.